The lowest BCUT2D eigenvalue weighted by atomic mass is 10.1. The first-order valence-corrected chi connectivity index (χ1v) is 5.43. The van der Waals surface area contributed by atoms with Crippen molar-refractivity contribution in [3.63, 3.8) is 0 Å². The van der Waals surface area contributed by atoms with Gasteiger partial charge in [0.05, 0.1) is 0 Å². The van der Waals surface area contributed by atoms with Gasteiger partial charge in [0.15, 0.2) is 0 Å². The molecule has 1 amide bonds. The number of ether oxygens (including phenoxy) is 1. The van der Waals surface area contributed by atoms with Crippen molar-refractivity contribution in [3.8, 4) is 0 Å². The highest BCUT2D eigenvalue weighted by Crippen LogP contribution is 2.04. The molecular formula is C11H25NO4. The fourth-order valence-corrected chi connectivity index (χ4v) is 0.833. The van der Waals surface area contributed by atoms with E-state index < -0.39 is 11.7 Å². The summed E-state index contributed by atoms with van der Waals surface area (Å²) >= 11 is 0. The number of nitrogens with two attached hydrogens (primary N) is 1. The number of primary amides is 1. The molecule has 0 rings (SSSR count). The Labute approximate surface area is 97.6 Å². The van der Waals surface area contributed by atoms with E-state index in [1.807, 2.05) is 6.92 Å². The van der Waals surface area contributed by atoms with Gasteiger partial charge in [0.2, 0.25) is 0 Å². The minimum absolute atomic E-state index is 0.236. The summed E-state index contributed by atoms with van der Waals surface area (Å²) in [6.07, 6.45) is 1.01. The van der Waals surface area contributed by atoms with Crippen molar-refractivity contribution in [2.45, 2.75) is 46.1 Å². The lowest BCUT2D eigenvalue weighted by Gasteiger charge is -2.16. The Kier molecular flexibility index (Phi) is 10.3. The van der Waals surface area contributed by atoms with Gasteiger partial charge in [-0.25, -0.2) is 4.79 Å². The summed E-state index contributed by atoms with van der Waals surface area (Å²) in [5, 5.41) is 16.8. The van der Waals surface area contributed by atoms with Crippen LogP contribution in [0.25, 0.3) is 0 Å². The van der Waals surface area contributed by atoms with Gasteiger partial charge in [-0.05, 0) is 39.5 Å². The van der Waals surface area contributed by atoms with Crippen molar-refractivity contribution in [1.29, 1.82) is 0 Å². The van der Waals surface area contributed by atoms with E-state index in [2.05, 4.69) is 4.74 Å². The number of amides is 1. The fraction of sp³-hybridized carbons (Fsp3) is 0.909. The van der Waals surface area contributed by atoms with Crippen LogP contribution in [0.2, 0.25) is 0 Å². The van der Waals surface area contributed by atoms with Gasteiger partial charge in [0.25, 0.3) is 0 Å². The molecule has 0 fully saturated rings. The van der Waals surface area contributed by atoms with Crippen LogP contribution < -0.4 is 5.73 Å². The van der Waals surface area contributed by atoms with Crippen molar-refractivity contribution < 1.29 is 19.7 Å². The van der Waals surface area contributed by atoms with Crippen LogP contribution in [-0.2, 0) is 4.74 Å². The highest BCUT2D eigenvalue weighted by molar-refractivity contribution is 5.65. The number of carbonyl (C=O) groups is 1. The second-order valence-electron chi connectivity index (χ2n) is 4.69. The van der Waals surface area contributed by atoms with Gasteiger partial charge in [-0.15, -0.1) is 0 Å². The number of hydrogen-bond acceptors (Lipinski definition) is 4. The molecule has 1 unspecified atom stereocenters. The SMILES string of the molecule is CC(C)(C)OC(N)=O.CC(CO)CCCO. The molecule has 0 spiro atoms. The molecule has 0 aliphatic heterocycles. The van der Waals surface area contributed by atoms with Crippen LogP contribution in [0.1, 0.15) is 40.5 Å². The van der Waals surface area contributed by atoms with Gasteiger partial charge in [0.1, 0.15) is 5.60 Å². The molecule has 0 aromatic heterocycles. The Bertz CT molecular complexity index is 177. The third kappa shape index (κ3) is 18.9. The molecule has 0 saturated carbocycles. The smallest absolute Gasteiger partial charge is 0.405 e. The van der Waals surface area contributed by atoms with Crippen molar-refractivity contribution in [2.24, 2.45) is 11.7 Å². The van der Waals surface area contributed by atoms with Crippen LogP contribution in [0.3, 0.4) is 0 Å². The molecule has 0 radical (unpaired) electrons. The van der Waals surface area contributed by atoms with E-state index in [1.165, 1.54) is 0 Å². The normalized spacial score (nSPS) is 12.4. The first kappa shape index (κ1) is 17.6. The quantitative estimate of drug-likeness (QED) is 0.684. The maximum absolute atomic E-state index is 10.0. The van der Waals surface area contributed by atoms with Crippen LogP contribution in [0, 0.1) is 5.92 Å². The number of hydrogen-bond donors (Lipinski definition) is 3. The molecule has 5 heteroatoms. The number of aliphatic hydroxyl groups is 2. The van der Waals surface area contributed by atoms with Crippen molar-refractivity contribution in [1.82, 2.24) is 0 Å². The molecule has 0 saturated heterocycles. The third-order valence-corrected chi connectivity index (χ3v) is 1.57. The average molecular weight is 235 g/mol. The lowest BCUT2D eigenvalue weighted by Crippen LogP contribution is -2.27. The number of rotatable bonds is 4. The van der Waals surface area contributed by atoms with Gasteiger partial charge in [-0.1, -0.05) is 6.92 Å². The Morgan fingerprint density at radius 1 is 1.38 bits per heavy atom. The Morgan fingerprint density at radius 3 is 2.06 bits per heavy atom. The van der Waals surface area contributed by atoms with Crippen molar-refractivity contribution >= 4 is 6.09 Å². The molecule has 0 aliphatic carbocycles. The molecule has 0 bridgehead atoms. The van der Waals surface area contributed by atoms with Crippen molar-refractivity contribution in [2.75, 3.05) is 13.2 Å². The molecule has 0 heterocycles. The van der Waals surface area contributed by atoms with E-state index in [1.54, 1.807) is 20.8 Å². The Morgan fingerprint density at radius 2 is 1.88 bits per heavy atom. The summed E-state index contributed by atoms with van der Waals surface area (Å²) in [5.74, 6) is 0.349. The maximum atomic E-state index is 10.0. The zero-order valence-electron chi connectivity index (χ0n) is 10.7. The first-order chi connectivity index (χ1) is 7.22. The largest absolute Gasteiger partial charge is 0.444 e. The van der Waals surface area contributed by atoms with Crippen LogP contribution >= 0.6 is 0 Å². The van der Waals surface area contributed by atoms with E-state index in [0.29, 0.717) is 5.92 Å². The zero-order valence-corrected chi connectivity index (χ0v) is 10.7. The third-order valence-electron chi connectivity index (χ3n) is 1.57. The number of aliphatic hydroxyl groups excluding tert-OH is 2. The summed E-state index contributed by atoms with van der Waals surface area (Å²) in [7, 11) is 0. The van der Waals surface area contributed by atoms with E-state index in [0.717, 1.165) is 12.8 Å². The average Bonchev–Trinajstić information content (AvgIpc) is 2.11. The second-order valence-corrected chi connectivity index (χ2v) is 4.69. The zero-order chi connectivity index (χ0) is 13.2. The Balaban J connectivity index is 0. The molecule has 0 aromatic carbocycles. The van der Waals surface area contributed by atoms with Gasteiger partial charge in [-0.2, -0.15) is 0 Å². The predicted molar refractivity (Wildman–Crippen MR) is 63.0 cm³/mol. The topological polar surface area (TPSA) is 92.8 Å². The van der Waals surface area contributed by atoms with E-state index in [4.69, 9.17) is 15.9 Å². The van der Waals surface area contributed by atoms with Gasteiger partial charge in [-0.3, -0.25) is 0 Å². The summed E-state index contributed by atoms with van der Waals surface area (Å²) in [5.41, 5.74) is 4.26. The van der Waals surface area contributed by atoms with Gasteiger partial charge >= 0.3 is 6.09 Å². The molecule has 0 aromatic rings. The number of carbonyl (C=O) groups excluding carboxylic acids is 1. The van der Waals surface area contributed by atoms with Crippen molar-refractivity contribution in [3.05, 3.63) is 0 Å². The highest BCUT2D eigenvalue weighted by Gasteiger charge is 2.12. The van der Waals surface area contributed by atoms with E-state index in [9.17, 15) is 4.79 Å². The molecule has 98 valence electrons. The predicted octanol–water partition coefficient (Wildman–Crippen LogP) is 1.27. The van der Waals surface area contributed by atoms with E-state index in [-0.39, 0.29) is 13.2 Å². The van der Waals surface area contributed by atoms with Crippen LogP contribution in [-0.4, -0.2) is 35.1 Å². The molecule has 0 aliphatic rings. The minimum atomic E-state index is -0.725. The first-order valence-electron chi connectivity index (χ1n) is 5.43. The lowest BCUT2D eigenvalue weighted by molar-refractivity contribution is 0.0600. The van der Waals surface area contributed by atoms with Crippen LogP contribution in [0.15, 0.2) is 0 Å². The highest BCUT2D eigenvalue weighted by atomic mass is 16.6. The van der Waals surface area contributed by atoms with Gasteiger partial charge in [0, 0.05) is 13.2 Å². The summed E-state index contributed by atoms with van der Waals surface area (Å²) in [4.78, 5) is 10.0. The minimum Gasteiger partial charge on any atom is -0.444 e. The molecular weight excluding hydrogens is 210 g/mol. The monoisotopic (exact) mass is 235 g/mol. The fourth-order valence-electron chi connectivity index (χ4n) is 0.833. The van der Waals surface area contributed by atoms with Crippen LogP contribution in [0.5, 0.6) is 0 Å². The standard InChI is InChI=1S/C6H14O2.C5H11NO2/c1-6(5-8)3-2-4-7;1-5(2,3)8-4(6)7/h6-8H,2-5H2,1H3;1-3H3,(H2,6,7). The van der Waals surface area contributed by atoms with Crippen LogP contribution in [0.4, 0.5) is 4.79 Å². The van der Waals surface area contributed by atoms with E-state index >= 15 is 0 Å². The molecule has 5 nitrogen and oxygen atoms in total. The summed E-state index contributed by atoms with van der Waals surface area (Å²) in [6, 6.07) is 0. The Hall–Kier alpha value is -0.810. The second kappa shape index (κ2) is 9.42. The summed E-state index contributed by atoms with van der Waals surface area (Å²) < 4.78 is 4.58. The molecule has 16 heavy (non-hydrogen) atoms. The van der Waals surface area contributed by atoms with Gasteiger partial charge < -0.3 is 20.7 Å². The molecule has 1 atom stereocenters. The summed E-state index contributed by atoms with van der Waals surface area (Å²) in [6.45, 7) is 7.73. The maximum Gasteiger partial charge on any atom is 0.405 e. The molecule has 4 N–H and O–H groups in total.